The Balaban J connectivity index is 1.27. The maximum Gasteiger partial charge on any atom is 0.180 e. The van der Waals surface area contributed by atoms with Crippen molar-refractivity contribution in [2.45, 2.75) is 0 Å². The summed E-state index contributed by atoms with van der Waals surface area (Å²) in [5.74, 6) is 0.679. The Bertz CT molecular complexity index is 2700. The second-order valence-electron chi connectivity index (χ2n) is 11.3. The van der Waals surface area contributed by atoms with Gasteiger partial charge in [0.2, 0.25) is 0 Å². The number of hydrogen-bond donors (Lipinski definition) is 0. The molecule has 4 nitrogen and oxygen atoms in total. The molecule has 204 valence electrons. The maximum absolute atomic E-state index is 6.65. The molecule has 3 heterocycles. The molecule has 7 aromatic carbocycles. The monoisotopic (exact) mass is 562 g/mol. The van der Waals surface area contributed by atoms with E-state index in [1.54, 1.807) is 0 Å². The third kappa shape index (κ3) is 3.22. The van der Waals surface area contributed by atoms with Gasteiger partial charge in [0.05, 0.1) is 0 Å². The second-order valence-corrected chi connectivity index (χ2v) is 11.3. The van der Waals surface area contributed by atoms with Crippen molar-refractivity contribution < 1.29 is 8.83 Å². The predicted octanol–water partition coefficient (Wildman–Crippen LogP) is 11.0. The van der Waals surface area contributed by atoms with Gasteiger partial charge in [0.15, 0.2) is 11.4 Å². The SMILES string of the molecule is c1ccc(-c2nc(-c3ccccc3)c3oc4cc(-c5ccc6oc7cccc8c9ccccc9c5c6c78)ccc4c3n2)cc1. The van der Waals surface area contributed by atoms with Gasteiger partial charge in [0.25, 0.3) is 0 Å². The smallest absolute Gasteiger partial charge is 0.180 e. The fraction of sp³-hybridized carbons (Fsp3) is 0. The minimum absolute atomic E-state index is 0.679. The number of benzene rings is 7. The lowest BCUT2D eigenvalue weighted by Crippen LogP contribution is -1.93. The van der Waals surface area contributed by atoms with Gasteiger partial charge in [0, 0.05) is 32.7 Å². The molecule has 10 rings (SSSR count). The highest BCUT2D eigenvalue weighted by Gasteiger charge is 2.22. The van der Waals surface area contributed by atoms with Crippen molar-refractivity contribution in [2.24, 2.45) is 0 Å². The molecule has 0 fully saturated rings. The number of furan rings is 2. The zero-order valence-corrected chi connectivity index (χ0v) is 23.4. The van der Waals surface area contributed by atoms with Gasteiger partial charge in [-0.1, -0.05) is 109 Å². The number of aromatic nitrogens is 2. The van der Waals surface area contributed by atoms with E-state index in [-0.39, 0.29) is 0 Å². The molecule has 44 heavy (non-hydrogen) atoms. The summed E-state index contributed by atoms with van der Waals surface area (Å²) in [5, 5.41) is 8.16. The van der Waals surface area contributed by atoms with Gasteiger partial charge in [-0.3, -0.25) is 0 Å². The van der Waals surface area contributed by atoms with E-state index in [9.17, 15) is 0 Å². The van der Waals surface area contributed by atoms with Gasteiger partial charge in [-0.25, -0.2) is 9.97 Å². The van der Waals surface area contributed by atoms with Crippen molar-refractivity contribution in [1.82, 2.24) is 9.97 Å². The summed E-state index contributed by atoms with van der Waals surface area (Å²) in [4.78, 5) is 10.1. The van der Waals surface area contributed by atoms with Crippen molar-refractivity contribution in [2.75, 3.05) is 0 Å². The van der Waals surface area contributed by atoms with E-state index in [1.165, 1.54) is 32.3 Å². The minimum Gasteiger partial charge on any atom is -0.456 e. The minimum atomic E-state index is 0.679. The molecule has 0 saturated heterocycles. The Morgan fingerprint density at radius 3 is 1.95 bits per heavy atom. The van der Waals surface area contributed by atoms with Crippen molar-refractivity contribution in [3.8, 4) is 33.8 Å². The third-order valence-corrected chi connectivity index (χ3v) is 8.85. The number of rotatable bonds is 3. The van der Waals surface area contributed by atoms with Crippen molar-refractivity contribution in [3.05, 3.63) is 133 Å². The molecular formula is C40H22N2O2. The molecule has 0 radical (unpaired) electrons. The molecule has 0 saturated carbocycles. The Kier molecular flexibility index (Phi) is 4.69. The van der Waals surface area contributed by atoms with E-state index < -0.39 is 0 Å². The van der Waals surface area contributed by atoms with Crippen LogP contribution in [0.1, 0.15) is 0 Å². The molecular weight excluding hydrogens is 540 g/mol. The van der Waals surface area contributed by atoms with E-state index in [1.807, 2.05) is 48.5 Å². The van der Waals surface area contributed by atoms with Crippen LogP contribution in [-0.4, -0.2) is 9.97 Å². The summed E-state index contributed by atoms with van der Waals surface area (Å²) in [6.45, 7) is 0. The Morgan fingerprint density at radius 2 is 1.11 bits per heavy atom. The van der Waals surface area contributed by atoms with Crippen LogP contribution >= 0.6 is 0 Å². The van der Waals surface area contributed by atoms with Gasteiger partial charge in [0.1, 0.15) is 28.0 Å². The number of hydrogen-bond acceptors (Lipinski definition) is 4. The predicted molar refractivity (Wildman–Crippen MR) is 179 cm³/mol. The second kappa shape index (κ2) is 8.76. The van der Waals surface area contributed by atoms with Crippen LogP contribution in [0.3, 0.4) is 0 Å². The van der Waals surface area contributed by atoms with Gasteiger partial charge >= 0.3 is 0 Å². The van der Waals surface area contributed by atoms with Crippen LogP contribution in [0.5, 0.6) is 0 Å². The highest BCUT2D eigenvalue weighted by molar-refractivity contribution is 6.35. The van der Waals surface area contributed by atoms with Crippen LogP contribution in [0.25, 0.3) is 99.3 Å². The molecule has 0 N–H and O–H groups in total. The molecule has 0 unspecified atom stereocenters. The maximum atomic E-state index is 6.65. The fourth-order valence-electron chi connectivity index (χ4n) is 6.91. The van der Waals surface area contributed by atoms with Crippen LogP contribution in [0.2, 0.25) is 0 Å². The average Bonchev–Trinajstić information content (AvgIpc) is 3.66. The van der Waals surface area contributed by atoms with Crippen LogP contribution in [-0.2, 0) is 0 Å². The Morgan fingerprint density at radius 1 is 0.409 bits per heavy atom. The number of fused-ring (bicyclic) bond motifs is 6. The lowest BCUT2D eigenvalue weighted by molar-refractivity contribution is 0.667. The van der Waals surface area contributed by atoms with Gasteiger partial charge in [-0.05, 0) is 51.6 Å². The van der Waals surface area contributed by atoms with Crippen molar-refractivity contribution in [3.63, 3.8) is 0 Å². The average molecular weight is 563 g/mol. The van der Waals surface area contributed by atoms with E-state index in [4.69, 9.17) is 18.8 Å². The highest BCUT2D eigenvalue weighted by Crippen LogP contribution is 2.46. The van der Waals surface area contributed by atoms with Gasteiger partial charge in [-0.15, -0.1) is 0 Å². The first kappa shape index (κ1) is 23.6. The van der Waals surface area contributed by atoms with Crippen LogP contribution in [0.4, 0.5) is 0 Å². The largest absolute Gasteiger partial charge is 0.456 e. The standard InChI is InChI=1S/C40H22N2O2/c1-3-10-23(11-4-1)37-39-38(42-40(41-37)24-12-5-2-6-13-24)30-19-18-25(22-33(30)44-39)26-20-21-32-36-34(26)28-15-8-7-14-27(28)29-16-9-17-31(43-32)35(29)36/h1-22H. The van der Waals surface area contributed by atoms with E-state index in [2.05, 4.69) is 84.9 Å². The van der Waals surface area contributed by atoms with Gasteiger partial charge in [-0.2, -0.15) is 0 Å². The lowest BCUT2D eigenvalue weighted by Gasteiger charge is -2.12. The summed E-state index contributed by atoms with van der Waals surface area (Å²) in [6.07, 6.45) is 0. The highest BCUT2D eigenvalue weighted by atomic mass is 16.3. The summed E-state index contributed by atoms with van der Waals surface area (Å²) in [5.41, 5.74) is 9.07. The van der Waals surface area contributed by atoms with Gasteiger partial charge < -0.3 is 8.83 Å². The lowest BCUT2D eigenvalue weighted by atomic mass is 9.89. The van der Waals surface area contributed by atoms with Crippen LogP contribution in [0, 0.1) is 0 Å². The summed E-state index contributed by atoms with van der Waals surface area (Å²) < 4.78 is 13.0. The zero-order valence-electron chi connectivity index (χ0n) is 23.4. The van der Waals surface area contributed by atoms with Crippen molar-refractivity contribution >= 4 is 65.6 Å². The van der Waals surface area contributed by atoms with Crippen LogP contribution in [0.15, 0.2) is 142 Å². The first-order valence-electron chi connectivity index (χ1n) is 14.8. The first-order valence-corrected chi connectivity index (χ1v) is 14.8. The summed E-state index contributed by atoms with van der Waals surface area (Å²) in [7, 11) is 0. The van der Waals surface area contributed by atoms with E-state index >= 15 is 0 Å². The molecule has 3 aromatic heterocycles. The number of nitrogens with zero attached hydrogens (tertiary/aromatic N) is 2. The van der Waals surface area contributed by atoms with Crippen LogP contribution < -0.4 is 0 Å². The first-order chi connectivity index (χ1) is 21.8. The molecule has 4 heteroatoms. The summed E-state index contributed by atoms with van der Waals surface area (Å²) in [6, 6.07) is 46.0. The van der Waals surface area contributed by atoms with E-state index in [0.29, 0.717) is 11.4 Å². The normalized spacial score (nSPS) is 12.1. The quantitative estimate of drug-likeness (QED) is 0.201. The molecule has 0 aliphatic carbocycles. The van der Waals surface area contributed by atoms with Crippen molar-refractivity contribution in [1.29, 1.82) is 0 Å². The molecule has 0 aliphatic rings. The zero-order chi connectivity index (χ0) is 28.8. The Labute approximate surface area is 251 Å². The molecule has 10 aromatic rings. The molecule has 0 spiro atoms. The Hall–Kier alpha value is -6.00. The third-order valence-electron chi connectivity index (χ3n) is 8.85. The fourth-order valence-corrected chi connectivity index (χ4v) is 6.91. The topological polar surface area (TPSA) is 52.1 Å². The molecule has 0 bridgehead atoms. The van der Waals surface area contributed by atoms with E-state index in [0.717, 1.165) is 55.6 Å². The summed E-state index contributed by atoms with van der Waals surface area (Å²) >= 11 is 0. The molecule has 0 atom stereocenters. The molecule has 0 aliphatic heterocycles. The molecule has 0 amide bonds.